The van der Waals surface area contributed by atoms with Crippen molar-refractivity contribution in [2.24, 2.45) is 0 Å². The maximum atomic E-state index is 11.7. The van der Waals surface area contributed by atoms with E-state index in [1.54, 1.807) is 0 Å². The number of unbranched alkanes of at least 4 members (excludes halogenated alkanes) is 2. The van der Waals surface area contributed by atoms with Gasteiger partial charge in [-0.3, -0.25) is 4.21 Å². The minimum absolute atomic E-state index is 0.573. The van der Waals surface area contributed by atoms with Gasteiger partial charge in [0.25, 0.3) is 0 Å². The van der Waals surface area contributed by atoms with E-state index < -0.39 is 10.8 Å². The highest BCUT2D eigenvalue weighted by molar-refractivity contribution is 7.84. The predicted molar refractivity (Wildman–Crippen MR) is 79.0 cm³/mol. The lowest BCUT2D eigenvalue weighted by Gasteiger charge is -2.16. The first-order valence-electron chi connectivity index (χ1n) is 7.32. The number of hydrogen-bond donors (Lipinski definition) is 1. The standard InChI is InChI=1S/C14H31NOS/c1-4-7-8-12-17(16)13-9-10-14(6-3)15-11-5-2/h14-15H,4-13H2,1-3H3. The third-order valence-corrected chi connectivity index (χ3v) is 4.56. The first kappa shape index (κ1) is 17.1. The molecular formula is C14H31NOS. The maximum absolute atomic E-state index is 11.7. The Labute approximate surface area is 110 Å². The van der Waals surface area contributed by atoms with Gasteiger partial charge in [0.1, 0.15) is 0 Å². The summed E-state index contributed by atoms with van der Waals surface area (Å²) in [6.07, 6.45) is 8.23. The third kappa shape index (κ3) is 11.0. The second-order valence-electron chi connectivity index (χ2n) is 4.76. The minimum atomic E-state index is -0.573. The van der Waals surface area contributed by atoms with Crippen LogP contribution in [-0.2, 0) is 10.8 Å². The fraction of sp³-hybridized carbons (Fsp3) is 1.00. The van der Waals surface area contributed by atoms with Gasteiger partial charge in [-0.15, -0.1) is 0 Å². The summed E-state index contributed by atoms with van der Waals surface area (Å²) in [5.41, 5.74) is 0. The highest BCUT2D eigenvalue weighted by atomic mass is 32.2. The Morgan fingerprint density at radius 3 is 2.29 bits per heavy atom. The van der Waals surface area contributed by atoms with Crippen LogP contribution in [0.4, 0.5) is 0 Å². The highest BCUT2D eigenvalue weighted by Crippen LogP contribution is 2.04. The fourth-order valence-corrected chi connectivity index (χ4v) is 3.12. The summed E-state index contributed by atoms with van der Waals surface area (Å²) in [5.74, 6) is 1.81. The van der Waals surface area contributed by atoms with Gasteiger partial charge in [0.05, 0.1) is 0 Å². The first-order valence-corrected chi connectivity index (χ1v) is 8.81. The maximum Gasteiger partial charge on any atom is 0.0235 e. The van der Waals surface area contributed by atoms with Crippen LogP contribution >= 0.6 is 0 Å². The van der Waals surface area contributed by atoms with Crippen molar-refractivity contribution in [2.75, 3.05) is 18.1 Å². The SMILES string of the molecule is CCCCCS(=O)CCCC(CC)NCCC. The van der Waals surface area contributed by atoms with E-state index in [0.717, 1.165) is 30.9 Å². The molecular weight excluding hydrogens is 230 g/mol. The minimum Gasteiger partial charge on any atom is -0.314 e. The molecule has 0 aliphatic heterocycles. The van der Waals surface area contributed by atoms with E-state index in [1.165, 1.54) is 32.1 Å². The van der Waals surface area contributed by atoms with Gasteiger partial charge in [0.2, 0.25) is 0 Å². The highest BCUT2D eigenvalue weighted by Gasteiger charge is 2.06. The zero-order valence-electron chi connectivity index (χ0n) is 12.0. The van der Waals surface area contributed by atoms with Crippen molar-refractivity contribution >= 4 is 10.8 Å². The molecule has 0 bridgehead atoms. The molecule has 0 heterocycles. The molecule has 0 rings (SSSR count). The normalized spacial score (nSPS) is 14.8. The molecule has 2 unspecified atom stereocenters. The average molecular weight is 261 g/mol. The van der Waals surface area contributed by atoms with Crippen molar-refractivity contribution in [3.05, 3.63) is 0 Å². The Morgan fingerprint density at radius 1 is 1.00 bits per heavy atom. The Hall–Kier alpha value is 0.110. The quantitative estimate of drug-likeness (QED) is 0.545. The molecule has 0 amide bonds. The Balaban J connectivity index is 3.48. The Morgan fingerprint density at radius 2 is 1.71 bits per heavy atom. The molecule has 104 valence electrons. The largest absolute Gasteiger partial charge is 0.314 e. The topological polar surface area (TPSA) is 29.1 Å². The molecule has 3 heteroatoms. The summed E-state index contributed by atoms with van der Waals surface area (Å²) < 4.78 is 11.7. The molecule has 0 saturated carbocycles. The second-order valence-corrected chi connectivity index (χ2v) is 6.45. The second kappa shape index (κ2) is 12.6. The van der Waals surface area contributed by atoms with Gasteiger partial charge in [-0.1, -0.05) is 33.6 Å². The van der Waals surface area contributed by atoms with Crippen LogP contribution in [0.2, 0.25) is 0 Å². The lowest BCUT2D eigenvalue weighted by molar-refractivity contribution is 0.464. The lowest BCUT2D eigenvalue weighted by Crippen LogP contribution is -2.29. The predicted octanol–water partition coefficient (Wildman–Crippen LogP) is 3.48. The van der Waals surface area contributed by atoms with Crippen LogP contribution in [0.1, 0.15) is 65.7 Å². The van der Waals surface area contributed by atoms with E-state index in [4.69, 9.17) is 0 Å². The summed E-state index contributed by atoms with van der Waals surface area (Å²) in [6.45, 7) is 7.72. The van der Waals surface area contributed by atoms with Crippen molar-refractivity contribution in [3.8, 4) is 0 Å². The molecule has 2 nitrogen and oxygen atoms in total. The number of nitrogens with one attached hydrogen (secondary N) is 1. The summed E-state index contributed by atoms with van der Waals surface area (Å²) in [6, 6.07) is 0.627. The average Bonchev–Trinajstić information content (AvgIpc) is 2.34. The van der Waals surface area contributed by atoms with E-state index in [9.17, 15) is 4.21 Å². The van der Waals surface area contributed by atoms with Gasteiger partial charge >= 0.3 is 0 Å². The van der Waals surface area contributed by atoms with Crippen molar-refractivity contribution in [1.29, 1.82) is 0 Å². The van der Waals surface area contributed by atoms with Crippen molar-refractivity contribution < 1.29 is 4.21 Å². The van der Waals surface area contributed by atoms with E-state index in [2.05, 4.69) is 26.1 Å². The number of hydrogen-bond acceptors (Lipinski definition) is 2. The van der Waals surface area contributed by atoms with Crippen LogP contribution in [0.5, 0.6) is 0 Å². The zero-order valence-corrected chi connectivity index (χ0v) is 12.8. The molecule has 0 spiro atoms. The molecule has 1 N–H and O–H groups in total. The zero-order chi connectivity index (χ0) is 12.9. The van der Waals surface area contributed by atoms with E-state index in [-0.39, 0.29) is 0 Å². The molecule has 0 aromatic rings. The van der Waals surface area contributed by atoms with Crippen molar-refractivity contribution in [2.45, 2.75) is 71.8 Å². The smallest absolute Gasteiger partial charge is 0.0235 e. The third-order valence-electron chi connectivity index (χ3n) is 3.08. The Bertz CT molecular complexity index is 185. The molecule has 0 fully saturated rings. The molecule has 0 aromatic carbocycles. The molecule has 0 aliphatic carbocycles. The van der Waals surface area contributed by atoms with Gasteiger partial charge < -0.3 is 5.32 Å². The summed E-state index contributed by atoms with van der Waals surface area (Å²) in [4.78, 5) is 0. The molecule has 17 heavy (non-hydrogen) atoms. The van der Waals surface area contributed by atoms with Crippen LogP contribution < -0.4 is 5.32 Å². The van der Waals surface area contributed by atoms with Gasteiger partial charge in [-0.25, -0.2) is 0 Å². The van der Waals surface area contributed by atoms with Crippen LogP contribution in [-0.4, -0.2) is 28.3 Å². The van der Waals surface area contributed by atoms with Crippen molar-refractivity contribution in [3.63, 3.8) is 0 Å². The van der Waals surface area contributed by atoms with Gasteiger partial charge in [0, 0.05) is 28.3 Å². The van der Waals surface area contributed by atoms with Crippen molar-refractivity contribution in [1.82, 2.24) is 5.32 Å². The van der Waals surface area contributed by atoms with E-state index >= 15 is 0 Å². The monoisotopic (exact) mass is 261 g/mol. The molecule has 0 saturated heterocycles. The molecule has 0 aliphatic rings. The Kier molecular flexibility index (Phi) is 12.6. The summed E-state index contributed by atoms with van der Waals surface area (Å²) >= 11 is 0. The van der Waals surface area contributed by atoms with Crippen LogP contribution in [0.25, 0.3) is 0 Å². The van der Waals surface area contributed by atoms with E-state index in [0.29, 0.717) is 6.04 Å². The number of rotatable bonds is 12. The molecule has 0 radical (unpaired) electrons. The summed E-state index contributed by atoms with van der Waals surface area (Å²) in [5, 5.41) is 3.55. The fourth-order valence-electron chi connectivity index (χ4n) is 1.90. The molecule has 0 aromatic heterocycles. The van der Waals surface area contributed by atoms with Gasteiger partial charge in [-0.05, 0) is 38.6 Å². The van der Waals surface area contributed by atoms with Gasteiger partial charge in [0.15, 0.2) is 0 Å². The lowest BCUT2D eigenvalue weighted by atomic mass is 10.1. The van der Waals surface area contributed by atoms with Crippen LogP contribution in [0.3, 0.4) is 0 Å². The first-order chi connectivity index (χ1) is 8.24. The van der Waals surface area contributed by atoms with Gasteiger partial charge in [-0.2, -0.15) is 0 Å². The van der Waals surface area contributed by atoms with E-state index in [1.807, 2.05) is 0 Å². The summed E-state index contributed by atoms with van der Waals surface area (Å²) in [7, 11) is -0.573. The molecule has 2 atom stereocenters. The van der Waals surface area contributed by atoms with Crippen LogP contribution in [0, 0.1) is 0 Å². The van der Waals surface area contributed by atoms with Crippen LogP contribution in [0.15, 0.2) is 0 Å².